The summed E-state index contributed by atoms with van der Waals surface area (Å²) < 4.78 is 17.6. The summed E-state index contributed by atoms with van der Waals surface area (Å²) in [6.45, 7) is 8.68. The van der Waals surface area contributed by atoms with Gasteiger partial charge in [0, 0.05) is 43.4 Å². The third-order valence-electron chi connectivity index (χ3n) is 4.45. The van der Waals surface area contributed by atoms with Crippen LogP contribution in [-0.4, -0.2) is 62.6 Å². The van der Waals surface area contributed by atoms with Crippen LogP contribution in [0.25, 0.3) is 0 Å². The molecule has 0 radical (unpaired) electrons. The molecular weight excluding hydrogens is 324 g/mol. The van der Waals surface area contributed by atoms with Crippen LogP contribution in [0.5, 0.6) is 0 Å². The zero-order chi connectivity index (χ0) is 16.9. The van der Waals surface area contributed by atoms with E-state index in [0.29, 0.717) is 17.5 Å². The van der Waals surface area contributed by atoms with Gasteiger partial charge in [0.2, 0.25) is 5.89 Å². The maximum absolute atomic E-state index is 12.3. The number of nitrogens with zero attached hydrogens (tertiary/aromatic N) is 4. The molecule has 1 saturated heterocycles. The van der Waals surface area contributed by atoms with Crippen LogP contribution in [0.1, 0.15) is 24.7 Å². The quantitative estimate of drug-likeness (QED) is 0.794. The van der Waals surface area contributed by atoms with E-state index in [1.54, 1.807) is 0 Å². The molecule has 7 heteroatoms. The van der Waals surface area contributed by atoms with Crippen molar-refractivity contribution in [1.82, 2.24) is 19.9 Å². The Kier molecular flexibility index (Phi) is 5.76. The Balaban J connectivity index is 1.44. The molecule has 2 heterocycles. The van der Waals surface area contributed by atoms with Gasteiger partial charge in [0.05, 0.1) is 16.8 Å². The van der Waals surface area contributed by atoms with E-state index in [4.69, 9.17) is 4.52 Å². The highest BCUT2D eigenvalue weighted by Crippen LogP contribution is 2.20. The lowest BCUT2D eigenvalue weighted by molar-refractivity contribution is 0.0918. The number of benzene rings is 1. The Hall–Kier alpha value is -1.57. The molecule has 2 aromatic rings. The second-order valence-electron chi connectivity index (χ2n) is 6.10. The Morgan fingerprint density at radius 1 is 1.21 bits per heavy atom. The van der Waals surface area contributed by atoms with Gasteiger partial charge in [-0.25, -0.2) is 0 Å². The van der Waals surface area contributed by atoms with Gasteiger partial charge in [0.15, 0.2) is 5.82 Å². The SMILES string of the molecule is Cc1noc([C@@H](C)N2CCN(CC[S@](=O)c3ccccc3)CC2)n1. The van der Waals surface area contributed by atoms with Crippen molar-refractivity contribution in [2.75, 3.05) is 38.5 Å². The highest BCUT2D eigenvalue weighted by atomic mass is 32.2. The van der Waals surface area contributed by atoms with Crippen molar-refractivity contribution in [3.8, 4) is 0 Å². The summed E-state index contributed by atoms with van der Waals surface area (Å²) in [5.74, 6) is 2.05. The van der Waals surface area contributed by atoms with Crippen LogP contribution in [0.4, 0.5) is 0 Å². The fourth-order valence-electron chi connectivity index (χ4n) is 2.92. The molecule has 1 fully saturated rings. The number of hydrogen-bond donors (Lipinski definition) is 0. The zero-order valence-corrected chi connectivity index (χ0v) is 15.0. The summed E-state index contributed by atoms with van der Waals surface area (Å²) >= 11 is 0. The number of aryl methyl sites for hydroxylation is 1. The molecule has 0 aliphatic carbocycles. The van der Waals surface area contributed by atoms with Gasteiger partial charge in [-0.15, -0.1) is 0 Å². The van der Waals surface area contributed by atoms with Gasteiger partial charge >= 0.3 is 0 Å². The number of hydrogen-bond acceptors (Lipinski definition) is 6. The summed E-state index contributed by atoms with van der Waals surface area (Å²) in [6, 6.07) is 9.84. The molecule has 0 bridgehead atoms. The Morgan fingerprint density at radius 3 is 2.54 bits per heavy atom. The smallest absolute Gasteiger partial charge is 0.243 e. The molecule has 1 aliphatic heterocycles. The highest BCUT2D eigenvalue weighted by molar-refractivity contribution is 7.85. The Morgan fingerprint density at radius 2 is 1.92 bits per heavy atom. The molecule has 6 nitrogen and oxygen atoms in total. The molecule has 0 amide bonds. The molecule has 1 aromatic heterocycles. The van der Waals surface area contributed by atoms with E-state index in [1.165, 1.54) is 0 Å². The number of aromatic nitrogens is 2. The fraction of sp³-hybridized carbons (Fsp3) is 0.529. The van der Waals surface area contributed by atoms with Crippen LogP contribution in [0, 0.1) is 6.92 Å². The minimum atomic E-state index is -0.918. The summed E-state index contributed by atoms with van der Waals surface area (Å²) in [4.78, 5) is 9.97. The first-order valence-corrected chi connectivity index (χ1v) is 9.65. The van der Waals surface area contributed by atoms with Crippen LogP contribution in [0.3, 0.4) is 0 Å². The topological polar surface area (TPSA) is 62.5 Å². The second-order valence-corrected chi connectivity index (χ2v) is 7.67. The lowest BCUT2D eigenvalue weighted by atomic mass is 10.2. The maximum atomic E-state index is 12.3. The predicted molar refractivity (Wildman–Crippen MR) is 93.2 cm³/mol. The van der Waals surface area contributed by atoms with Crippen molar-refractivity contribution in [3.63, 3.8) is 0 Å². The lowest BCUT2D eigenvalue weighted by Gasteiger charge is -2.36. The highest BCUT2D eigenvalue weighted by Gasteiger charge is 2.25. The average molecular weight is 348 g/mol. The number of piperazine rings is 1. The largest absolute Gasteiger partial charge is 0.338 e. The van der Waals surface area contributed by atoms with Crippen molar-refractivity contribution in [2.24, 2.45) is 0 Å². The van der Waals surface area contributed by atoms with Crippen molar-refractivity contribution in [1.29, 1.82) is 0 Å². The molecule has 3 rings (SSSR count). The Bertz CT molecular complexity index is 668. The van der Waals surface area contributed by atoms with Crippen molar-refractivity contribution in [3.05, 3.63) is 42.0 Å². The maximum Gasteiger partial charge on any atom is 0.243 e. The summed E-state index contributed by atoms with van der Waals surface area (Å²) in [6.07, 6.45) is 0. The van der Waals surface area contributed by atoms with Gasteiger partial charge in [0.25, 0.3) is 0 Å². The summed E-state index contributed by atoms with van der Waals surface area (Å²) in [5.41, 5.74) is 0. The standard InChI is InChI=1S/C17H24N4O2S/c1-14(17-18-15(2)19-23-17)21-10-8-20(9-11-21)12-13-24(22)16-6-4-3-5-7-16/h3-7,14H,8-13H2,1-2H3/t14-,24+/m1/s1. The molecule has 0 N–H and O–H groups in total. The first-order valence-electron chi connectivity index (χ1n) is 8.33. The fourth-order valence-corrected chi connectivity index (χ4v) is 4.04. The van der Waals surface area contributed by atoms with Crippen molar-refractivity contribution < 1.29 is 8.73 Å². The van der Waals surface area contributed by atoms with Gasteiger partial charge in [0.1, 0.15) is 0 Å². The van der Waals surface area contributed by atoms with Gasteiger partial charge in [-0.2, -0.15) is 4.98 Å². The minimum absolute atomic E-state index is 0.145. The van der Waals surface area contributed by atoms with E-state index < -0.39 is 10.8 Å². The first kappa shape index (κ1) is 17.3. The van der Waals surface area contributed by atoms with Gasteiger partial charge in [-0.3, -0.25) is 14.0 Å². The lowest BCUT2D eigenvalue weighted by Crippen LogP contribution is -2.48. The summed E-state index contributed by atoms with van der Waals surface area (Å²) in [7, 11) is -0.918. The summed E-state index contributed by atoms with van der Waals surface area (Å²) in [5, 5.41) is 3.87. The molecule has 0 saturated carbocycles. The third-order valence-corrected chi connectivity index (χ3v) is 5.81. The van der Waals surface area contributed by atoms with E-state index in [-0.39, 0.29) is 6.04 Å². The Labute approximate surface area is 145 Å². The molecule has 130 valence electrons. The van der Waals surface area contributed by atoms with Crippen LogP contribution < -0.4 is 0 Å². The molecule has 1 aromatic carbocycles. The third kappa shape index (κ3) is 4.28. The number of rotatable bonds is 6. The van der Waals surface area contributed by atoms with Gasteiger partial charge < -0.3 is 4.52 Å². The van der Waals surface area contributed by atoms with Gasteiger partial charge in [-0.1, -0.05) is 23.4 Å². The monoisotopic (exact) mass is 348 g/mol. The van der Waals surface area contributed by atoms with Gasteiger partial charge in [-0.05, 0) is 26.0 Å². The first-order chi connectivity index (χ1) is 11.6. The predicted octanol–water partition coefficient (Wildman–Crippen LogP) is 1.86. The normalized spacial score (nSPS) is 19.2. The van der Waals surface area contributed by atoms with E-state index in [1.807, 2.05) is 37.3 Å². The molecule has 0 unspecified atom stereocenters. The van der Waals surface area contributed by atoms with Crippen LogP contribution in [-0.2, 0) is 10.8 Å². The van der Waals surface area contributed by atoms with Crippen molar-refractivity contribution in [2.45, 2.75) is 24.8 Å². The zero-order valence-electron chi connectivity index (χ0n) is 14.2. The second kappa shape index (κ2) is 8.00. The van der Waals surface area contributed by atoms with Crippen LogP contribution in [0.15, 0.2) is 39.8 Å². The van der Waals surface area contributed by atoms with E-state index in [2.05, 4.69) is 26.9 Å². The average Bonchev–Trinajstić information content (AvgIpc) is 3.06. The minimum Gasteiger partial charge on any atom is -0.338 e. The van der Waals surface area contributed by atoms with Crippen molar-refractivity contribution >= 4 is 10.8 Å². The molecule has 0 spiro atoms. The van der Waals surface area contributed by atoms with E-state index >= 15 is 0 Å². The van der Waals surface area contributed by atoms with Crippen LogP contribution in [0.2, 0.25) is 0 Å². The molecule has 1 aliphatic rings. The molecule has 24 heavy (non-hydrogen) atoms. The van der Waals surface area contributed by atoms with Crippen LogP contribution >= 0.6 is 0 Å². The van der Waals surface area contributed by atoms with E-state index in [9.17, 15) is 4.21 Å². The molecule has 2 atom stereocenters. The van der Waals surface area contributed by atoms with E-state index in [0.717, 1.165) is 37.6 Å². The molecular formula is C17H24N4O2S.